The largest absolute Gasteiger partial charge is 0.422 e. The van der Waals surface area contributed by atoms with E-state index >= 15 is 0 Å². The minimum Gasteiger partial charge on any atom is -0.422 e. The van der Waals surface area contributed by atoms with Gasteiger partial charge in [0.25, 0.3) is 0 Å². The van der Waals surface area contributed by atoms with E-state index in [1.165, 1.54) is 6.07 Å². The number of esters is 1. The summed E-state index contributed by atoms with van der Waals surface area (Å²) in [6.45, 7) is 3.70. The number of carbonyl (C=O) groups is 1. The van der Waals surface area contributed by atoms with Crippen molar-refractivity contribution in [2.24, 2.45) is 0 Å². The highest BCUT2D eigenvalue weighted by molar-refractivity contribution is 5.96. The fourth-order valence-electron chi connectivity index (χ4n) is 2.98. The Labute approximate surface area is 154 Å². The molecule has 0 aliphatic rings. The van der Waals surface area contributed by atoms with Crippen molar-refractivity contribution >= 4 is 27.8 Å². The van der Waals surface area contributed by atoms with Crippen LogP contribution in [0.4, 0.5) is 0 Å². The van der Waals surface area contributed by atoms with Gasteiger partial charge >= 0.3 is 11.6 Å². The molecule has 0 aliphatic carbocycles. The van der Waals surface area contributed by atoms with Crippen LogP contribution in [0, 0.1) is 0 Å². The fourth-order valence-corrected chi connectivity index (χ4v) is 2.98. The number of pyridine rings is 1. The third-order valence-corrected chi connectivity index (χ3v) is 4.22. The quantitative estimate of drug-likeness (QED) is 0.236. The third-order valence-electron chi connectivity index (χ3n) is 4.22. The lowest BCUT2D eigenvalue weighted by Crippen LogP contribution is -2.19. The van der Waals surface area contributed by atoms with Gasteiger partial charge in [0.1, 0.15) is 16.7 Å². The summed E-state index contributed by atoms with van der Waals surface area (Å²) in [5.41, 5.74) is 0.929. The van der Waals surface area contributed by atoms with Crippen molar-refractivity contribution in [2.75, 3.05) is 0 Å². The predicted molar refractivity (Wildman–Crippen MR) is 103 cm³/mol. The van der Waals surface area contributed by atoms with Gasteiger partial charge in [0, 0.05) is 17.0 Å². The standard InChI is InChI=1S/C22H15NO4/c1-2-6-15-8-3-9-16-13-17(22(25)27-20(15)16)21(24)26-18-11-4-7-14-10-5-12-23-19(14)18/h2-5,7-13H,1,6H2. The van der Waals surface area contributed by atoms with Gasteiger partial charge < -0.3 is 9.15 Å². The number of benzene rings is 2. The van der Waals surface area contributed by atoms with E-state index in [-0.39, 0.29) is 11.3 Å². The Kier molecular flexibility index (Phi) is 4.26. The molecule has 0 aliphatic heterocycles. The number of rotatable bonds is 4. The molecule has 0 saturated carbocycles. The second kappa shape index (κ2) is 6.88. The Hall–Kier alpha value is -3.73. The maximum Gasteiger partial charge on any atom is 0.351 e. The highest BCUT2D eigenvalue weighted by Gasteiger charge is 2.18. The SMILES string of the molecule is C=CCc1cccc2cc(C(=O)Oc3cccc4cccnc34)c(=O)oc12. The van der Waals surface area contributed by atoms with Gasteiger partial charge in [-0.25, -0.2) is 9.59 Å². The van der Waals surface area contributed by atoms with E-state index in [0.717, 1.165) is 10.9 Å². The minimum absolute atomic E-state index is 0.161. The zero-order valence-electron chi connectivity index (χ0n) is 14.3. The van der Waals surface area contributed by atoms with E-state index in [1.807, 2.05) is 24.3 Å². The van der Waals surface area contributed by atoms with E-state index < -0.39 is 11.6 Å². The van der Waals surface area contributed by atoms with Crippen molar-refractivity contribution in [1.82, 2.24) is 4.98 Å². The first-order valence-corrected chi connectivity index (χ1v) is 8.40. The van der Waals surface area contributed by atoms with Crippen LogP contribution in [0.25, 0.3) is 21.9 Å². The van der Waals surface area contributed by atoms with Gasteiger partial charge in [-0.05, 0) is 30.2 Å². The average Bonchev–Trinajstić information content (AvgIpc) is 2.68. The van der Waals surface area contributed by atoms with Crippen molar-refractivity contribution in [3.8, 4) is 5.75 Å². The molecule has 2 aromatic carbocycles. The van der Waals surface area contributed by atoms with Crippen molar-refractivity contribution in [3.05, 3.63) is 95.0 Å². The van der Waals surface area contributed by atoms with E-state index in [2.05, 4.69) is 11.6 Å². The maximum absolute atomic E-state index is 12.6. The monoisotopic (exact) mass is 357 g/mol. The Morgan fingerprint density at radius 1 is 1.11 bits per heavy atom. The second-order valence-corrected chi connectivity index (χ2v) is 6.00. The molecule has 0 fully saturated rings. The van der Waals surface area contributed by atoms with E-state index in [1.54, 1.807) is 36.5 Å². The zero-order chi connectivity index (χ0) is 18.8. The van der Waals surface area contributed by atoms with Gasteiger partial charge in [-0.2, -0.15) is 0 Å². The Balaban J connectivity index is 1.75. The van der Waals surface area contributed by atoms with Gasteiger partial charge in [-0.3, -0.25) is 4.98 Å². The molecule has 0 radical (unpaired) electrons. The normalized spacial score (nSPS) is 10.8. The molecule has 2 heterocycles. The summed E-state index contributed by atoms with van der Waals surface area (Å²) in [4.78, 5) is 29.2. The summed E-state index contributed by atoms with van der Waals surface area (Å²) in [5.74, 6) is -0.490. The van der Waals surface area contributed by atoms with Crippen LogP contribution in [0.15, 0.2) is 82.7 Å². The lowest BCUT2D eigenvalue weighted by atomic mass is 10.1. The molecule has 0 saturated heterocycles. The topological polar surface area (TPSA) is 69.4 Å². The summed E-state index contributed by atoms with van der Waals surface area (Å²) < 4.78 is 10.8. The van der Waals surface area contributed by atoms with Gasteiger partial charge in [-0.1, -0.05) is 42.5 Å². The van der Waals surface area contributed by atoms with Crippen LogP contribution in [0.2, 0.25) is 0 Å². The van der Waals surface area contributed by atoms with Gasteiger partial charge in [0.05, 0.1) is 0 Å². The lowest BCUT2D eigenvalue weighted by molar-refractivity contribution is 0.0732. The number of nitrogens with zero attached hydrogens (tertiary/aromatic N) is 1. The molecule has 2 aromatic heterocycles. The molecule has 5 heteroatoms. The fraction of sp³-hybridized carbons (Fsp3) is 0.0455. The summed E-state index contributed by atoms with van der Waals surface area (Å²) in [5, 5.41) is 1.49. The summed E-state index contributed by atoms with van der Waals surface area (Å²) in [6.07, 6.45) is 3.90. The Morgan fingerprint density at radius 2 is 1.89 bits per heavy atom. The number of aromatic nitrogens is 1. The first-order valence-electron chi connectivity index (χ1n) is 8.40. The van der Waals surface area contributed by atoms with Gasteiger partial charge in [-0.15, -0.1) is 6.58 Å². The van der Waals surface area contributed by atoms with Gasteiger partial charge in [0.2, 0.25) is 0 Å². The van der Waals surface area contributed by atoms with Crippen LogP contribution in [0.3, 0.4) is 0 Å². The summed E-state index contributed by atoms with van der Waals surface area (Å²) in [7, 11) is 0. The summed E-state index contributed by atoms with van der Waals surface area (Å²) in [6, 6.07) is 15.9. The van der Waals surface area contributed by atoms with Gasteiger partial charge in [0.15, 0.2) is 5.75 Å². The molecule has 4 rings (SSSR count). The lowest BCUT2D eigenvalue weighted by Gasteiger charge is -2.08. The molecule has 0 bridgehead atoms. The van der Waals surface area contributed by atoms with Crippen LogP contribution >= 0.6 is 0 Å². The van der Waals surface area contributed by atoms with Crippen LogP contribution in [-0.2, 0) is 6.42 Å². The Morgan fingerprint density at radius 3 is 2.74 bits per heavy atom. The molecular weight excluding hydrogens is 342 g/mol. The number of hydrogen-bond donors (Lipinski definition) is 0. The number of para-hydroxylation sites is 2. The molecule has 0 atom stereocenters. The second-order valence-electron chi connectivity index (χ2n) is 6.00. The Bertz CT molecular complexity index is 1230. The highest BCUT2D eigenvalue weighted by Crippen LogP contribution is 2.24. The molecule has 0 unspecified atom stereocenters. The number of ether oxygens (including phenoxy) is 1. The van der Waals surface area contributed by atoms with Crippen LogP contribution in [-0.4, -0.2) is 11.0 Å². The number of carbonyl (C=O) groups excluding carboxylic acids is 1. The molecular formula is C22H15NO4. The third kappa shape index (κ3) is 3.11. The summed E-state index contributed by atoms with van der Waals surface area (Å²) >= 11 is 0. The average molecular weight is 357 g/mol. The van der Waals surface area contributed by atoms with Crippen LogP contribution in [0.5, 0.6) is 5.75 Å². The molecule has 27 heavy (non-hydrogen) atoms. The predicted octanol–water partition coefficient (Wildman–Crippen LogP) is 4.29. The number of fused-ring (bicyclic) bond motifs is 2. The minimum atomic E-state index is -0.780. The molecule has 5 nitrogen and oxygen atoms in total. The molecule has 0 N–H and O–H groups in total. The van der Waals surface area contributed by atoms with Crippen LogP contribution in [0.1, 0.15) is 15.9 Å². The van der Waals surface area contributed by atoms with E-state index in [0.29, 0.717) is 22.9 Å². The van der Waals surface area contributed by atoms with Crippen LogP contribution < -0.4 is 10.4 Å². The highest BCUT2D eigenvalue weighted by atomic mass is 16.5. The smallest absolute Gasteiger partial charge is 0.351 e. The molecule has 0 amide bonds. The van der Waals surface area contributed by atoms with Crippen molar-refractivity contribution in [3.63, 3.8) is 0 Å². The maximum atomic E-state index is 12.6. The zero-order valence-corrected chi connectivity index (χ0v) is 14.3. The number of allylic oxidation sites excluding steroid dienone is 1. The van der Waals surface area contributed by atoms with Crippen molar-refractivity contribution in [2.45, 2.75) is 6.42 Å². The van der Waals surface area contributed by atoms with E-state index in [9.17, 15) is 9.59 Å². The molecule has 4 aromatic rings. The van der Waals surface area contributed by atoms with Crippen molar-refractivity contribution in [1.29, 1.82) is 0 Å². The van der Waals surface area contributed by atoms with E-state index in [4.69, 9.17) is 9.15 Å². The van der Waals surface area contributed by atoms with Crippen molar-refractivity contribution < 1.29 is 13.9 Å². The first-order chi connectivity index (χ1) is 13.2. The molecule has 132 valence electrons. The molecule has 0 spiro atoms. The number of hydrogen-bond acceptors (Lipinski definition) is 5. The first kappa shape index (κ1) is 16.7.